The minimum atomic E-state index is 0.0152. The van der Waals surface area contributed by atoms with E-state index in [0.717, 1.165) is 43.1 Å². The Labute approximate surface area is 177 Å². The molecule has 5 nitrogen and oxygen atoms in total. The molecule has 1 saturated heterocycles. The van der Waals surface area contributed by atoms with E-state index in [-0.39, 0.29) is 12.0 Å². The number of carbonyl (C=O) groups is 1. The number of nitrogens with zero attached hydrogens (tertiary/aromatic N) is 2. The van der Waals surface area contributed by atoms with Crippen molar-refractivity contribution in [2.75, 3.05) is 26.7 Å². The lowest BCUT2D eigenvalue weighted by atomic mass is 9.92. The molecule has 1 fully saturated rings. The zero-order valence-corrected chi connectivity index (χ0v) is 18.3. The van der Waals surface area contributed by atoms with Crippen molar-refractivity contribution in [2.45, 2.75) is 45.9 Å². The maximum Gasteiger partial charge on any atom is 0.219 e. The molecule has 2 aliphatic rings. The van der Waals surface area contributed by atoms with Crippen molar-refractivity contribution in [2.24, 2.45) is 5.92 Å². The molecule has 6 heteroatoms. The van der Waals surface area contributed by atoms with E-state index >= 15 is 0 Å². The van der Waals surface area contributed by atoms with Crippen LogP contribution in [0.2, 0.25) is 0 Å². The molecular formula is C23H30N2O3S. The standard InChI is InChI=1S/C23H30N2O3S/c1-16-6-8-21(29-16)14-24-10-4-5-18(12-24)23-15-25(17(2)26)13-19-11-20(27-3)7-9-22(19)28-23/h6-9,11,18,23H,4-5,10,12-15H2,1-3H3/t18-,23+/m0/s1. The average molecular weight is 415 g/mol. The summed E-state index contributed by atoms with van der Waals surface area (Å²) in [6.07, 6.45) is 2.33. The second-order valence-electron chi connectivity index (χ2n) is 8.18. The second-order valence-corrected chi connectivity index (χ2v) is 9.55. The zero-order chi connectivity index (χ0) is 20.4. The molecule has 156 valence electrons. The van der Waals surface area contributed by atoms with Crippen LogP contribution in [0.3, 0.4) is 0 Å². The zero-order valence-electron chi connectivity index (χ0n) is 17.5. The lowest BCUT2D eigenvalue weighted by molar-refractivity contribution is -0.130. The quantitative estimate of drug-likeness (QED) is 0.756. The molecule has 0 aliphatic carbocycles. The van der Waals surface area contributed by atoms with Crippen LogP contribution in [0.5, 0.6) is 11.5 Å². The first-order chi connectivity index (χ1) is 14.0. The molecular weight excluding hydrogens is 384 g/mol. The van der Waals surface area contributed by atoms with Crippen LogP contribution in [-0.4, -0.2) is 48.6 Å². The number of piperidine rings is 1. The third-order valence-corrected chi connectivity index (χ3v) is 6.98. The number of rotatable bonds is 4. The van der Waals surface area contributed by atoms with Crippen LogP contribution in [0.1, 0.15) is 35.1 Å². The molecule has 0 saturated carbocycles. The fourth-order valence-corrected chi connectivity index (χ4v) is 5.36. The van der Waals surface area contributed by atoms with Crippen molar-refractivity contribution in [1.29, 1.82) is 0 Å². The van der Waals surface area contributed by atoms with Crippen molar-refractivity contribution in [3.8, 4) is 11.5 Å². The van der Waals surface area contributed by atoms with E-state index in [9.17, 15) is 4.79 Å². The summed E-state index contributed by atoms with van der Waals surface area (Å²) in [5.74, 6) is 2.19. The summed E-state index contributed by atoms with van der Waals surface area (Å²) in [6.45, 7) is 8.17. The first-order valence-electron chi connectivity index (χ1n) is 10.4. The summed E-state index contributed by atoms with van der Waals surface area (Å²) in [4.78, 5) is 19.5. The number of likely N-dealkylation sites (tertiary alicyclic amines) is 1. The Morgan fingerprint density at radius 2 is 2.14 bits per heavy atom. The number of benzene rings is 1. The monoisotopic (exact) mass is 414 g/mol. The van der Waals surface area contributed by atoms with Gasteiger partial charge in [-0.15, -0.1) is 11.3 Å². The van der Waals surface area contributed by atoms with Gasteiger partial charge in [0.2, 0.25) is 5.91 Å². The van der Waals surface area contributed by atoms with Crippen LogP contribution in [0, 0.1) is 12.8 Å². The highest BCUT2D eigenvalue weighted by molar-refractivity contribution is 7.11. The summed E-state index contributed by atoms with van der Waals surface area (Å²) in [5, 5.41) is 0. The number of hydrogen-bond acceptors (Lipinski definition) is 5. The molecule has 0 spiro atoms. The van der Waals surface area contributed by atoms with Crippen LogP contribution in [-0.2, 0) is 17.9 Å². The average Bonchev–Trinajstić information content (AvgIpc) is 3.01. The Morgan fingerprint density at radius 3 is 2.86 bits per heavy atom. The molecule has 4 rings (SSSR count). The first kappa shape index (κ1) is 20.2. The van der Waals surface area contributed by atoms with Gasteiger partial charge >= 0.3 is 0 Å². The van der Waals surface area contributed by atoms with Gasteiger partial charge in [-0.2, -0.15) is 0 Å². The predicted molar refractivity (Wildman–Crippen MR) is 116 cm³/mol. The van der Waals surface area contributed by atoms with Crippen molar-refractivity contribution >= 4 is 17.2 Å². The predicted octanol–water partition coefficient (Wildman–Crippen LogP) is 4.09. The number of hydrogen-bond donors (Lipinski definition) is 0. The molecule has 0 N–H and O–H groups in total. The van der Waals surface area contributed by atoms with Crippen LogP contribution in [0.15, 0.2) is 30.3 Å². The summed E-state index contributed by atoms with van der Waals surface area (Å²) in [7, 11) is 1.66. The Bertz CT molecular complexity index is 866. The Balaban J connectivity index is 1.51. The SMILES string of the molecule is COc1ccc2c(c1)CN(C(C)=O)C[C@H]([C@H]1CCCN(Cc3ccc(C)s3)C1)O2. The molecule has 3 heterocycles. The van der Waals surface area contributed by atoms with E-state index in [2.05, 4.69) is 24.0 Å². The number of carbonyl (C=O) groups excluding carboxylic acids is 1. The van der Waals surface area contributed by atoms with Crippen LogP contribution in [0.4, 0.5) is 0 Å². The van der Waals surface area contributed by atoms with Gasteiger partial charge in [0.25, 0.3) is 0 Å². The van der Waals surface area contributed by atoms with Crippen LogP contribution in [0.25, 0.3) is 0 Å². The van der Waals surface area contributed by atoms with E-state index < -0.39 is 0 Å². The van der Waals surface area contributed by atoms with Gasteiger partial charge in [0.05, 0.1) is 13.7 Å². The number of aryl methyl sites for hydroxylation is 1. The lowest BCUT2D eigenvalue weighted by Gasteiger charge is -2.37. The lowest BCUT2D eigenvalue weighted by Crippen LogP contribution is -2.46. The minimum absolute atomic E-state index is 0.0152. The summed E-state index contributed by atoms with van der Waals surface area (Å²) in [5.41, 5.74) is 1.02. The van der Waals surface area contributed by atoms with Crippen molar-refractivity contribution < 1.29 is 14.3 Å². The number of methoxy groups -OCH3 is 1. The van der Waals surface area contributed by atoms with E-state index in [0.29, 0.717) is 19.0 Å². The molecule has 2 aliphatic heterocycles. The number of ether oxygens (including phenoxy) is 2. The number of fused-ring (bicyclic) bond motifs is 1. The fraction of sp³-hybridized carbons (Fsp3) is 0.522. The van der Waals surface area contributed by atoms with Gasteiger partial charge in [-0.3, -0.25) is 9.69 Å². The smallest absolute Gasteiger partial charge is 0.219 e. The molecule has 1 amide bonds. The summed E-state index contributed by atoms with van der Waals surface area (Å²) >= 11 is 1.88. The van der Waals surface area contributed by atoms with Crippen molar-refractivity contribution in [3.63, 3.8) is 0 Å². The van der Waals surface area contributed by atoms with Gasteiger partial charge in [-0.25, -0.2) is 0 Å². The Kier molecular flexibility index (Phi) is 6.11. The molecule has 0 bridgehead atoms. The molecule has 2 atom stereocenters. The number of thiophene rings is 1. The molecule has 29 heavy (non-hydrogen) atoms. The second kappa shape index (κ2) is 8.76. The third kappa shape index (κ3) is 4.75. The molecule has 0 radical (unpaired) electrons. The largest absolute Gasteiger partial charge is 0.497 e. The van der Waals surface area contributed by atoms with E-state index in [1.807, 2.05) is 34.4 Å². The van der Waals surface area contributed by atoms with Gasteiger partial charge < -0.3 is 14.4 Å². The normalized spacial score (nSPS) is 22.5. The Morgan fingerprint density at radius 1 is 1.28 bits per heavy atom. The van der Waals surface area contributed by atoms with Crippen LogP contribution >= 0.6 is 11.3 Å². The highest BCUT2D eigenvalue weighted by atomic mass is 32.1. The van der Waals surface area contributed by atoms with Crippen molar-refractivity contribution in [3.05, 3.63) is 45.6 Å². The molecule has 0 unspecified atom stereocenters. The topological polar surface area (TPSA) is 42.0 Å². The Hall–Kier alpha value is -2.05. The van der Waals surface area contributed by atoms with E-state index in [1.54, 1.807) is 14.0 Å². The van der Waals surface area contributed by atoms with E-state index in [4.69, 9.17) is 9.47 Å². The van der Waals surface area contributed by atoms with E-state index in [1.165, 1.54) is 16.2 Å². The third-order valence-electron chi connectivity index (χ3n) is 6.00. The summed E-state index contributed by atoms with van der Waals surface area (Å²) < 4.78 is 11.9. The molecule has 1 aromatic heterocycles. The van der Waals surface area contributed by atoms with Crippen LogP contribution < -0.4 is 9.47 Å². The highest BCUT2D eigenvalue weighted by Gasteiger charge is 2.33. The maximum atomic E-state index is 12.3. The summed E-state index contributed by atoms with van der Waals surface area (Å²) in [6, 6.07) is 10.4. The van der Waals surface area contributed by atoms with Gasteiger partial charge in [0.1, 0.15) is 17.6 Å². The molecule has 2 aromatic rings. The fourth-order valence-electron chi connectivity index (χ4n) is 4.42. The maximum absolute atomic E-state index is 12.3. The van der Waals surface area contributed by atoms with Gasteiger partial charge in [0.15, 0.2) is 0 Å². The van der Waals surface area contributed by atoms with Crippen molar-refractivity contribution in [1.82, 2.24) is 9.80 Å². The number of amides is 1. The highest BCUT2D eigenvalue weighted by Crippen LogP contribution is 2.33. The van der Waals surface area contributed by atoms with Gasteiger partial charge in [0, 0.05) is 47.8 Å². The molecule has 1 aromatic carbocycles. The van der Waals surface area contributed by atoms with Gasteiger partial charge in [-0.1, -0.05) is 0 Å². The minimum Gasteiger partial charge on any atom is -0.497 e. The van der Waals surface area contributed by atoms with Gasteiger partial charge in [-0.05, 0) is 56.6 Å². The first-order valence-corrected chi connectivity index (χ1v) is 11.2.